The Kier molecular flexibility index (Phi) is 5.06. The van der Waals surface area contributed by atoms with Gasteiger partial charge in [0.15, 0.2) is 0 Å². The maximum absolute atomic E-state index is 11.7. The lowest BCUT2D eigenvalue weighted by Gasteiger charge is -2.27. The molecule has 0 aromatic carbocycles. The molecule has 1 rings (SSSR count). The molecule has 0 aromatic heterocycles. The first-order valence-electron chi connectivity index (χ1n) is 5.54. The van der Waals surface area contributed by atoms with Crippen LogP contribution in [0.3, 0.4) is 0 Å². The molecule has 2 atom stereocenters. The summed E-state index contributed by atoms with van der Waals surface area (Å²) in [4.78, 5) is 13.6. The van der Waals surface area contributed by atoms with Gasteiger partial charge in [0.2, 0.25) is 5.91 Å². The van der Waals surface area contributed by atoms with Gasteiger partial charge in [0.25, 0.3) is 0 Å². The standard InChI is InChI=1S/C11H20BrNO2/c1-8(2)3-10(7-14)13-6-9(5-12)4-11(13)15/h8-10,14H,3-7H2,1-2H3/t9?,10-/m0/s1. The number of rotatable bonds is 5. The summed E-state index contributed by atoms with van der Waals surface area (Å²) >= 11 is 3.41. The van der Waals surface area contributed by atoms with E-state index in [4.69, 9.17) is 0 Å². The van der Waals surface area contributed by atoms with Crippen molar-refractivity contribution < 1.29 is 9.90 Å². The van der Waals surface area contributed by atoms with Gasteiger partial charge < -0.3 is 10.0 Å². The summed E-state index contributed by atoms with van der Waals surface area (Å²) in [5, 5.41) is 10.2. The Bertz CT molecular complexity index is 221. The molecule has 0 spiro atoms. The number of aliphatic hydroxyl groups is 1. The molecule has 1 amide bonds. The van der Waals surface area contributed by atoms with Crippen LogP contribution in [-0.2, 0) is 4.79 Å². The minimum atomic E-state index is 0.0153. The summed E-state index contributed by atoms with van der Waals surface area (Å²) in [7, 11) is 0. The first-order valence-corrected chi connectivity index (χ1v) is 6.66. The molecule has 0 aliphatic carbocycles. The molecule has 1 unspecified atom stereocenters. The van der Waals surface area contributed by atoms with Crippen molar-refractivity contribution in [3.05, 3.63) is 0 Å². The molecule has 1 aliphatic rings. The van der Waals surface area contributed by atoms with Crippen LogP contribution in [0, 0.1) is 11.8 Å². The fourth-order valence-electron chi connectivity index (χ4n) is 2.11. The highest BCUT2D eigenvalue weighted by Gasteiger charge is 2.33. The van der Waals surface area contributed by atoms with Crippen LogP contribution in [0.4, 0.5) is 0 Å². The number of nitrogens with zero attached hydrogens (tertiary/aromatic N) is 1. The van der Waals surface area contributed by atoms with Crippen LogP contribution in [0.5, 0.6) is 0 Å². The van der Waals surface area contributed by atoms with Crippen molar-refractivity contribution in [2.75, 3.05) is 18.5 Å². The fraction of sp³-hybridized carbons (Fsp3) is 0.909. The summed E-state index contributed by atoms with van der Waals surface area (Å²) in [6.45, 7) is 5.11. The van der Waals surface area contributed by atoms with E-state index >= 15 is 0 Å². The molecule has 15 heavy (non-hydrogen) atoms. The lowest BCUT2D eigenvalue weighted by atomic mass is 10.0. The lowest BCUT2D eigenvalue weighted by Crippen LogP contribution is -2.40. The van der Waals surface area contributed by atoms with Crippen LogP contribution in [0.25, 0.3) is 0 Å². The number of hydrogen-bond donors (Lipinski definition) is 1. The van der Waals surface area contributed by atoms with Gasteiger partial charge in [-0.3, -0.25) is 4.79 Å². The molecule has 88 valence electrons. The van der Waals surface area contributed by atoms with Gasteiger partial charge in [-0.2, -0.15) is 0 Å². The van der Waals surface area contributed by atoms with Crippen LogP contribution in [0.15, 0.2) is 0 Å². The molecule has 1 heterocycles. The van der Waals surface area contributed by atoms with Gasteiger partial charge in [-0.25, -0.2) is 0 Å². The Hall–Kier alpha value is -0.0900. The van der Waals surface area contributed by atoms with Crippen molar-refractivity contribution >= 4 is 21.8 Å². The van der Waals surface area contributed by atoms with Gasteiger partial charge in [0.05, 0.1) is 12.6 Å². The van der Waals surface area contributed by atoms with Crippen molar-refractivity contribution in [2.45, 2.75) is 32.7 Å². The second-order valence-corrected chi connectivity index (χ2v) is 5.38. The van der Waals surface area contributed by atoms with Crippen LogP contribution >= 0.6 is 15.9 Å². The van der Waals surface area contributed by atoms with Gasteiger partial charge in [-0.1, -0.05) is 29.8 Å². The maximum Gasteiger partial charge on any atom is 0.223 e. The Balaban J connectivity index is 2.57. The Morgan fingerprint density at radius 3 is 2.67 bits per heavy atom. The molecule has 0 saturated carbocycles. The number of aliphatic hydroxyl groups excluding tert-OH is 1. The summed E-state index contributed by atoms with van der Waals surface area (Å²) in [6.07, 6.45) is 1.51. The molecule has 1 saturated heterocycles. The number of amides is 1. The summed E-state index contributed by atoms with van der Waals surface area (Å²) in [5.74, 6) is 1.12. The minimum absolute atomic E-state index is 0.0153. The number of carbonyl (C=O) groups excluding carboxylic acids is 1. The zero-order valence-corrected chi connectivity index (χ0v) is 11.0. The summed E-state index contributed by atoms with van der Waals surface area (Å²) < 4.78 is 0. The molecule has 1 N–H and O–H groups in total. The minimum Gasteiger partial charge on any atom is -0.394 e. The topological polar surface area (TPSA) is 40.5 Å². The molecule has 4 heteroatoms. The van der Waals surface area contributed by atoms with Crippen molar-refractivity contribution in [3.8, 4) is 0 Å². The van der Waals surface area contributed by atoms with E-state index < -0.39 is 0 Å². The third-order valence-corrected chi connectivity index (χ3v) is 3.77. The van der Waals surface area contributed by atoms with Gasteiger partial charge in [-0.05, 0) is 18.3 Å². The number of carbonyl (C=O) groups is 1. The van der Waals surface area contributed by atoms with Crippen molar-refractivity contribution in [2.24, 2.45) is 11.8 Å². The highest BCUT2D eigenvalue weighted by atomic mass is 79.9. The average molecular weight is 278 g/mol. The maximum atomic E-state index is 11.7. The first-order chi connectivity index (χ1) is 7.08. The van der Waals surface area contributed by atoms with E-state index in [1.54, 1.807) is 0 Å². The largest absolute Gasteiger partial charge is 0.394 e. The zero-order chi connectivity index (χ0) is 11.4. The van der Waals surface area contributed by atoms with Gasteiger partial charge in [0, 0.05) is 18.3 Å². The van der Waals surface area contributed by atoms with E-state index in [1.165, 1.54) is 0 Å². The number of likely N-dealkylation sites (tertiary alicyclic amines) is 1. The monoisotopic (exact) mass is 277 g/mol. The lowest BCUT2D eigenvalue weighted by molar-refractivity contribution is -0.130. The van der Waals surface area contributed by atoms with Crippen molar-refractivity contribution in [1.29, 1.82) is 0 Å². The van der Waals surface area contributed by atoms with E-state index in [-0.39, 0.29) is 18.6 Å². The smallest absolute Gasteiger partial charge is 0.223 e. The van der Waals surface area contributed by atoms with Crippen LogP contribution < -0.4 is 0 Å². The number of halogens is 1. The molecule has 3 nitrogen and oxygen atoms in total. The fourth-order valence-corrected chi connectivity index (χ4v) is 2.54. The van der Waals surface area contributed by atoms with Crippen molar-refractivity contribution in [3.63, 3.8) is 0 Å². The van der Waals surface area contributed by atoms with Gasteiger partial charge >= 0.3 is 0 Å². The van der Waals surface area contributed by atoms with Crippen LogP contribution in [0.2, 0.25) is 0 Å². The molecule has 0 bridgehead atoms. The van der Waals surface area contributed by atoms with E-state index in [9.17, 15) is 9.90 Å². The number of alkyl halides is 1. The summed E-state index contributed by atoms with van der Waals surface area (Å²) in [5.41, 5.74) is 0. The predicted molar refractivity (Wildman–Crippen MR) is 63.9 cm³/mol. The van der Waals surface area contributed by atoms with E-state index in [1.807, 2.05) is 4.90 Å². The highest BCUT2D eigenvalue weighted by molar-refractivity contribution is 9.09. The van der Waals surface area contributed by atoms with E-state index in [0.717, 1.165) is 18.3 Å². The highest BCUT2D eigenvalue weighted by Crippen LogP contribution is 2.24. The number of hydrogen-bond acceptors (Lipinski definition) is 2. The van der Waals surface area contributed by atoms with E-state index in [2.05, 4.69) is 29.8 Å². The van der Waals surface area contributed by atoms with Gasteiger partial charge in [-0.15, -0.1) is 0 Å². The Morgan fingerprint density at radius 1 is 1.60 bits per heavy atom. The Labute approximate surface area is 100.0 Å². The normalized spacial score (nSPS) is 23.9. The Morgan fingerprint density at radius 2 is 2.27 bits per heavy atom. The second-order valence-electron chi connectivity index (χ2n) is 4.74. The average Bonchev–Trinajstić information content (AvgIpc) is 2.56. The third kappa shape index (κ3) is 3.45. The van der Waals surface area contributed by atoms with Gasteiger partial charge in [0.1, 0.15) is 0 Å². The second kappa shape index (κ2) is 5.85. The summed E-state index contributed by atoms with van der Waals surface area (Å²) in [6, 6.07) is 0.0153. The van der Waals surface area contributed by atoms with Crippen LogP contribution in [0.1, 0.15) is 26.7 Å². The zero-order valence-electron chi connectivity index (χ0n) is 9.45. The van der Waals surface area contributed by atoms with E-state index in [0.29, 0.717) is 18.3 Å². The quantitative estimate of drug-likeness (QED) is 0.777. The first kappa shape index (κ1) is 13.0. The molecular formula is C11H20BrNO2. The molecule has 0 aromatic rings. The third-order valence-electron chi connectivity index (χ3n) is 2.85. The van der Waals surface area contributed by atoms with Crippen LogP contribution in [-0.4, -0.2) is 40.4 Å². The van der Waals surface area contributed by atoms with Crippen molar-refractivity contribution in [1.82, 2.24) is 4.90 Å². The molecule has 0 radical (unpaired) electrons. The molecule has 1 aliphatic heterocycles. The SMILES string of the molecule is CC(C)C[C@@H](CO)N1CC(CBr)CC1=O. The molecular weight excluding hydrogens is 258 g/mol. The molecule has 1 fully saturated rings. The predicted octanol–water partition coefficient (Wildman–Crippen LogP) is 1.64.